The summed E-state index contributed by atoms with van der Waals surface area (Å²) in [5.74, 6) is 0.187. The smallest absolute Gasteiger partial charge is 0.387 e. The third-order valence-corrected chi connectivity index (χ3v) is 3.28. The molecule has 112 valence electrons. The summed E-state index contributed by atoms with van der Waals surface area (Å²) < 4.78 is 28.9. The molecular weight excluding hydrogens is 272 g/mol. The van der Waals surface area contributed by atoms with Gasteiger partial charge in [-0.25, -0.2) is 0 Å². The molecule has 1 atom stereocenters. The number of halogens is 2. The number of rotatable bonds is 6. The van der Waals surface area contributed by atoms with Gasteiger partial charge in [0.15, 0.2) is 0 Å². The number of aryl methyl sites for hydroxylation is 1. The molecule has 0 saturated carbocycles. The van der Waals surface area contributed by atoms with Gasteiger partial charge in [-0.15, -0.1) is 0 Å². The average molecular weight is 291 g/mol. The third kappa shape index (κ3) is 4.83. The highest BCUT2D eigenvalue weighted by Gasteiger charge is 2.09. The van der Waals surface area contributed by atoms with Crippen LogP contribution in [0.15, 0.2) is 48.5 Å². The second-order valence-corrected chi connectivity index (χ2v) is 5.04. The topological polar surface area (TPSA) is 21.3 Å². The lowest BCUT2D eigenvalue weighted by molar-refractivity contribution is -0.0499. The maximum absolute atomic E-state index is 12.2. The highest BCUT2D eigenvalue weighted by molar-refractivity contribution is 5.30. The van der Waals surface area contributed by atoms with E-state index in [-0.39, 0.29) is 11.8 Å². The van der Waals surface area contributed by atoms with Crippen molar-refractivity contribution in [2.75, 3.05) is 0 Å². The highest BCUT2D eigenvalue weighted by Crippen LogP contribution is 2.21. The number of benzene rings is 2. The van der Waals surface area contributed by atoms with Gasteiger partial charge in [0.1, 0.15) is 5.75 Å². The van der Waals surface area contributed by atoms with E-state index in [2.05, 4.69) is 35.2 Å². The SMILES string of the molecule is Cc1cccc(CNC(C)c2cccc(OC(F)F)c2)c1. The average Bonchev–Trinajstić information content (AvgIpc) is 2.44. The molecule has 0 aliphatic carbocycles. The predicted molar refractivity (Wildman–Crippen MR) is 79.5 cm³/mol. The van der Waals surface area contributed by atoms with Crippen molar-refractivity contribution in [3.63, 3.8) is 0 Å². The molecule has 2 nitrogen and oxygen atoms in total. The molecule has 0 bridgehead atoms. The fourth-order valence-electron chi connectivity index (χ4n) is 2.17. The van der Waals surface area contributed by atoms with Crippen LogP contribution in [0.25, 0.3) is 0 Å². The normalized spacial score (nSPS) is 12.4. The fourth-order valence-corrected chi connectivity index (χ4v) is 2.17. The molecule has 0 amide bonds. The van der Waals surface area contributed by atoms with E-state index < -0.39 is 6.61 Å². The van der Waals surface area contributed by atoms with Crippen LogP contribution in [0.5, 0.6) is 5.75 Å². The lowest BCUT2D eigenvalue weighted by Gasteiger charge is -2.15. The molecule has 0 saturated heterocycles. The molecule has 0 aliphatic rings. The van der Waals surface area contributed by atoms with Gasteiger partial charge in [0, 0.05) is 12.6 Å². The summed E-state index contributed by atoms with van der Waals surface area (Å²) in [6.07, 6.45) is 0. The van der Waals surface area contributed by atoms with Crippen molar-refractivity contribution < 1.29 is 13.5 Å². The zero-order chi connectivity index (χ0) is 15.2. The maximum atomic E-state index is 12.2. The first-order chi connectivity index (χ1) is 10.0. The summed E-state index contributed by atoms with van der Waals surface area (Å²) in [7, 11) is 0. The van der Waals surface area contributed by atoms with Crippen LogP contribution < -0.4 is 10.1 Å². The second kappa shape index (κ2) is 7.18. The van der Waals surface area contributed by atoms with Crippen molar-refractivity contribution in [1.82, 2.24) is 5.32 Å². The molecule has 2 aromatic carbocycles. The first kappa shape index (κ1) is 15.4. The summed E-state index contributed by atoms with van der Waals surface area (Å²) in [6, 6.07) is 15.1. The van der Waals surface area contributed by atoms with Crippen LogP contribution in [0, 0.1) is 6.92 Å². The van der Waals surface area contributed by atoms with Gasteiger partial charge >= 0.3 is 6.61 Å². The molecule has 0 aromatic heterocycles. The largest absolute Gasteiger partial charge is 0.435 e. The summed E-state index contributed by atoms with van der Waals surface area (Å²) >= 11 is 0. The molecule has 2 aromatic rings. The van der Waals surface area contributed by atoms with Gasteiger partial charge in [-0.2, -0.15) is 8.78 Å². The summed E-state index contributed by atoms with van der Waals surface area (Å²) in [6.45, 7) is 1.98. The molecule has 1 unspecified atom stereocenters. The minimum absolute atomic E-state index is 0.0479. The molecule has 2 rings (SSSR count). The Kier molecular flexibility index (Phi) is 5.28. The van der Waals surface area contributed by atoms with E-state index in [1.807, 2.05) is 19.1 Å². The van der Waals surface area contributed by atoms with E-state index >= 15 is 0 Å². The molecule has 4 heteroatoms. The van der Waals surface area contributed by atoms with Crippen LogP contribution >= 0.6 is 0 Å². The second-order valence-electron chi connectivity index (χ2n) is 5.04. The van der Waals surface area contributed by atoms with Gasteiger partial charge in [-0.05, 0) is 37.1 Å². The highest BCUT2D eigenvalue weighted by atomic mass is 19.3. The van der Waals surface area contributed by atoms with E-state index in [1.54, 1.807) is 12.1 Å². The van der Waals surface area contributed by atoms with Crippen molar-refractivity contribution >= 4 is 0 Å². The molecule has 1 N–H and O–H groups in total. The van der Waals surface area contributed by atoms with E-state index in [9.17, 15) is 8.78 Å². The van der Waals surface area contributed by atoms with Crippen LogP contribution in [0.2, 0.25) is 0 Å². The fraction of sp³-hybridized carbons (Fsp3) is 0.294. The Hall–Kier alpha value is -1.94. The first-order valence-electron chi connectivity index (χ1n) is 6.88. The predicted octanol–water partition coefficient (Wildman–Crippen LogP) is 4.45. The molecule has 0 fully saturated rings. The Morgan fingerprint density at radius 3 is 2.57 bits per heavy atom. The Morgan fingerprint density at radius 2 is 1.86 bits per heavy atom. The van der Waals surface area contributed by atoms with E-state index in [0.717, 1.165) is 12.1 Å². The lowest BCUT2D eigenvalue weighted by Crippen LogP contribution is -2.18. The van der Waals surface area contributed by atoms with Crippen molar-refractivity contribution in [2.45, 2.75) is 33.0 Å². The van der Waals surface area contributed by atoms with Gasteiger partial charge in [0.25, 0.3) is 0 Å². The van der Waals surface area contributed by atoms with Crippen LogP contribution in [0.3, 0.4) is 0 Å². The number of ether oxygens (including phenoxy) is 1. The minimum atomic E-state index is -2.80. The van der Waals surface area contributed by atoms with Crippen LogP contribution in [-0.4, -0.2) is 6.61 Å². The number of hydrogen-bond donors (Lipinski definition) is 1. The molecule has 0 radical (unpaired) electrons. The Morgan fingerprint density at radius 1 is 1.10 bits per heavy atom. The molecule has 0 spiro atoms. The molecular formula is C17H19F2NO. The van der Waals surface area contributed by atoms with Gasteiger partial charge in [-0.3, -0.25) is 0 Å². The van der Waals surface area contributed by atoms with Crippen LogP contribution in [-0.2, 0) is 6.54 Å². The summed E-state index contributed by atoms with van der Waals surface area (Å²) in [5.41, 5.74) is 3.33. The van der Waals surface area contributed by atoms with E-state index in [4.69, 9.17) is 0 Å². The van der Waals surface area contributed by atoms with Gasteiger partial charge < -0.3 is 10.1 Å². The monoisotopic (exact) mass is 291 g/mol. The van der Waals surface area contributed by atoms with Gasteiger partial charge in [0.2, 0.25) is 0 Å². The van der Waals surface area contributed by atoms with Crippen molar-refractivity contribution in [2.24, 2.45) is 0 Å². The number of alkyl halides is 2. The first-order valence-corrected chi connectivity index (χ1v) is 6.88. The van der Waals surface area contributed by atoms with Gasteiger partial charge in [0.05, 0.1) is 0 Å². The molecule has 0 heterocycles. The van der Waals surface area contributed by atoms with Crippen molar-refractivity contribution in [3.8, 4) is 5.75 Å². The van der Waals surface area contributed by atoms with Crippen molar-refractivity contribution in [3.05, 3.63) is 65.2 Å². The lowest BCUT2D eigenvalue weighted by atomic mass is 10.1. The van der Waals surface area contributed by atoms with Crippen LogP contribution in [0.1, 0.15) is 29.7 Å². The molecule has 0 aliphatic heterocycles. The third-order valence-electron chi connectivity index (χ3n) is 3.28. The Labute approximate surface area is 123 Å². The van der Waals surface area contributed by atoms with Crippen LogP contribution in [0.4, 0.5) is 8.78 Å². The maximum Gasteiger partial charge on any atom is 0.387 e. The van der Waals surface area contributed by atoms with Gasteiger partial charge in [-0.1, -0.05) is 42.0 Å². The Balaban J connectivity index is 1.98. The van der Waals surface area contributed by atoms with E-state index in [0.29, 0.717) is 0 Å². The van der Waals surface area contributed by atoms with Crippen molar-refractivity contribution in [1.29, 1.82) is 0 Å². The number of nitrogens with one attached hydrogen (secondary N) is 1. The standard InChI is InChI=1S/C17H19F2NO/c1-12-5-3-6-14(9-12)11-20-13(2)15-7-4-8-16(10-15)21-17(18)19/h3-10,13,17,20H,11H2,1-2H3. The zero-order valence-corrected chi connectivity index (χ0v) is 12.1. The summed E-state index contributed by atoms with van der Waals surface area (Å²) in [5, 5.41) is 3.38. The minimum Gasteiger partial charge on any atom is -0.435 e. The zero-order valence-electron chi connectivity index (χ0n) is 12.1. The Bertz CT molecular complexity index is 587. The van der Waals surface area contributed by atoms with E-state index in [1.165, 1.54) is 17.2 Å². The number of hydrogen-bond acceptors (Lipinski definition) is 2. The summed E-state index contributed by atoms with van der Waals surface area (Å²) in [4.78, 5) is 0. The quantitative estimate of drug-likeness (QED) is 0.849. The molecule has 21 heavy (non-hydrogen) atoms.